The number of hydrogen-bond acceptors (Lipinski definition) is 5. The van der Waals surface area contributed by atoms with Gasteiger partial charge in [0.1, 0.15) is 5.75 Å². The van der Waals surface area contributed by atoms with Crippen LogP contribution in [0.4, 0.5) is 5.82 Å². The Bertz CT molecular complexity index is 938. The van der Waals surface area contributed by atoms with Gasteiger partial charge in [-0.1, -0.05) is 30.3 Å². The number of aromatic nitrogens is 3. The van der Waals surface area contributed by atoms with Gasteiger partial charge in [0.25, 0.3) is 0 Å². The number of nitrogens with zero attached hydrogens (tertiary/aromatic N) is 4. The third-order valence-electron chi connectivity index (χ3n) is 4.86. The van der Waals surface area contributed by atoms with Gasteiger partial charge in [-0.2, -0.15) is 0 Å². The van der Waals surface area contributed by atoms with E-state index in [4.69, 9.17) is 4.74 Å². The van der Waals surface area contributed by atoms with E-state index < -0.39 is 5.97 Å². The Morgan fingerprint density at radius 2 is 1.85 bits per heavy atom. The fourth-order valence-electron chi connectivity index (χ4n) is 3.43. The Labute approximate surface area is 156 Å². The van der Waals surface area contributed by atoms with Gasteiger partial charge < -0.3 is 14.7 Å². The predicted octanol–water partition coefficient (Wildman–Crippen LogP) is 2.97. The molecule has 7 heteroatoms. The molecule has 1 aliphatic heterocycles. The second-order valence-electron chi connectivity index (χ2n) is 6.51. The normalized spacial score (nSPS) is 16.5. The first kappa shape index (κ1) is 17.1. The van der Waals surface area contributed by atoms with Crippen molar-refractivity contribution in [1.29, 1.82) is 0 Å². The number of carboxylic acids is 1. The first-order chi connectivity index (χ1) is 13.2. The maximum atomic E-state index is 11.7. The molecule has 0 unspecified atom stereocenters. The van der Waals surface area contributed by atoms with Gasteiger partial charge in [0.2, 0.25) is 5.69 Å². The molecule has 1 aliphatic rings. The summed E-state index contributed by atoms with van der Waals surface area (Å²) in [5.74, 6) is 0.415. The molecule has 0 bridgehead atoms. The standard InChI is InChI=1S/C20H20N4O3/c1-27-17-9-7-16(8-10-17)24-21-18(20(25)26)19(22-24)23-12-11-15(13-23)14-5-3-2-4-6-14/h2-10,15H,11-13H2,1H3,(H,25,26)/t15-/m1/s1. The van der Waals surface area contributed by atoms with Crippen LogP contribution in [0.2, 0.25) is 0 Å². The number of hydrogen-bond donors (Lipinski definition) is 1. The van der Waals surface area contributed by atoms with Crippen LogP contribution in [0.5, 0.6) is 5.75 Å². The fraction of sp³-hybridized carbons (Fsp3) is 0.250. The summed E-state index contributed by atoms with van der Waals surface area (Å²) in [5.41, 5.74) is 1.92. The van der Waals surface area contributed by atoms with Crippen LogP contribution in [-0.2, 0) is 0 Å². The smallest absolute Gasteiger partial charge is 0.360 e. The lowest BCUT2D eigenvalue weighted by Crippen LogP contribution is -2.22. The van der Waals surface area contributed by atoms with Gasteiger partial charge in [0.05, 0.1) is 12.8 Å². The Morgan fingerprint density at radius 3 is 2.52 bits per heavy atom. The van der Waals surface area contributed by atoms with Crippen molar-refractivity contribution in [3.63, 3.8) is 0 Å². The zero-order chi connectivity index (χ0) is 18.8. The molecule has 2 heterocycles. The molecular formula is C20H20N4O3. The number of rotatable bonds is 5. The summed E-state index contributed by atoms with van der Waals surface area (Å²) in [5, 5.41) is 18.3. The first-order valence-electron chi connectivity index (χ1n) is 8.80. The first-order valence-corrected chi connectivity index (χ1v) is 8.80. The highest BCUT2D eigenvalue weighted by Crippen LogP contribution is 2.31. The van der Waals surface area contributed by atoms with Gasteiger partial charge in [-0.3, -0.25) is 0 Å². The molecule has 138 valence electrons. The van der Waals surface area contributed by atoms with Crippen LogP contribution in [0.3, 0.4) is 0 Å². The van der Waals surface area contributed by atoms with Gasteiger partial charge in [-0.05, 0) is 36.2 Å². The van der Waals surface area contributed by atoms with E-state index in [9.17, 15) is 9.90 Å². The van der Waals surface area contributed by atoms with Crippen LogP contribution in [-0.4, -0.2) is 46.3 Å². The predicted molar refractivity (Wildman–Crippen MR) is 101 cm³/mol. The molecule has 1 fully saturated rings. The summed E-state index contributed by atoms with van der Waals surface area (Å²) in [6, 6.07) is 17.5. The van der Waals surface area contributed by atoms with E-state index in [1.54, 1.807) is 31.4 Å². The fourth-order valence-corrected chi connectivity index (χ4v) is 3.43. The highest BCUT2D eigenvalue weighted by molar-refractivity contribution is 5.91. The lowest BCUT2D eigenvalue weighted by molar-refractivity contribution is 0.0690. The zero-order valence-electron chi connectivity index (χ0n) is 14.9. The van der Waals surface area contributed by atoms with Crippen LogP contribution in [0.1, 0.15) is 28.4 Å². The van der Waals surface area contributed by atoms with Gasteiger partial charge in [-0.15, -0.1) is 15.0 Å². The molecule has 0 radical (unpaired) electrons. The number of methoxy groups -OCH3 is 1. The van der Waals surface area contributed by atoms with E-state index >= 15 is 0 Å². The molecule has 27 heavy (non-hydrogen) atoms. The zero-order valence-corrected chi connectivity index (χ0v) is 14.9. The Hall–Kier alpha value is -3.35. The van der Waals surface area contributed by atoms with E-state index in [2.05, 4.69) is 22.3 Å². The average molecular weight is 364 g/mol. The quantitative estimate of drug-likeness (QED) is 0.750. The topological polar surface area (TPSA) is 80.5 Å². The lowest BCUT2D eigenvalue weighted by atomic mass is 9.99. The highest BCUT2D eigenvalue weighted by atomic mass is 16.5. The van der Waals surface area contributed by atoms with Crippen molar-refractivity contribution >= 4 is 11.8 Å². The van der Waals surface area contributed by atoms with Crippen LogP contribution in [0, 0.1) is 0 Å². The van der Waals surface area contributed by atoms with Crippen LogP contribution >= 0.6 is 0 Å². The van der Waals surface area contributed by atoms with E-state index in [0.717, 1.165) is 25.3 Å². The summed E-state index contributed by atoms with van der Waals surface area (Å²) in [4.78, 5) is 15.1. The molecule has 7 nitrogen and oxygen atoms in total. The Kier molecular flexibility index (Phi) is 4.50. The largest absolute Gasteiger partial charge is 0.497 e. The molecule has 0 aliphatic carbocycles. The van der Waals surface area contributed by atoms with Crippen molar-refractivity contribution in [2.24, 2.45) is 0 Å². The molecule has 0 spiro atoms. The summed E-state index contributed by atoms with van der Waals surface area (Å²) >= 11 is 0. The SMILES string of the molecule is COc1ccc(-n2nc(C(=O)O)c(N3CC[C@@H](c4ccccc4)C3)n2)cc1. The van der Waals surface area contributed by atoms with Crippen LogP contribution in [0.15, 0.2) is 54.6 Å². The summed E-state index contributed by atoms with van der Waals surface area (Å²) in [6.07, 6.45) is 0.957. The van der Waals surface area contributed by atoms with Crippen LogP contribution in [0.25, 0.3) is 5.69 Å². The van der Waals surface area contributed by atoms with Crippen molar-refractivity contribution in [1.82, 2.24) is 15.0 Å². The number of anilines is 1. The molecule has 1 saturated heterocycles. The Balaban J connectivity index is 1.62. The van der Waals surface area contributed by atoms with Crippen molar-refractivity contribution in [3.05, 3.63) is 65.9 Å². The van der Waals surface area contributed by atoms with Gasteiger partial charge in [0.15, 0.2) is 5.82 Å². The minimum atomic E-state index is -1.08. The number of aromatic carboxylic acids is 1. The van der Waals surface area contributed by atoms with Crippen LogP contribution < -0.4 is 9.64 Å². The minimum Gasteiger partial charge on any atom is -0.497 e. The van der Waals surface area contributed by atoms with Crippen molar-refractivity contribution in [2.75, 3.05) is 25.1 Å². The average Bonchev–Trinajstić information content (AvgIpc) is 3.36. The maximum absolute atomic E-state index is 11.7. The molecule has 1 atom stereocenters. The van der Waals surface area contributed by atoms with Gasteiger partial charge in [0, 0.05) is 19.0 Å². The molecular weight excluding hydrogens is 344 g/mol. The second kappa shape index (κ2) is 7.11. The highest BCUT2D eigenvalue weighted by Gasteiger charge is 2.30. The van der Waals surface area contributed by atoms with Crippen molar-refractivity contribution in [2.45, 2.75) is 12.3 Å². The number of carbonyl (C=O) groups is 1. The molecule has 1 aromatic heterocycles. The van der Waals surface area contributed by atoms with E-state index in [-0.39, 0.29) is 5.69 Å². The number of benzene rings is 2. The molecule has 3 aromatic rings. The summed E-state index contributed by atoms with van der Waals surface area (Å²) < 4.78 is 5.15. The molecule has 0 saturated carbocycles. The van der Waals surface area contributed by atoms with Gasteiger partial charge in [-0.25, -0.2) is 4.79 Å². The van der Waals surface area contributed by atoms with Crippen molar-refractivity contribution in [3.8, 4) is 11.4 Å². The maximum Gasteiger partial charge on any atom is 0.360 e. The third-order valence-corrected chi connectivity index (χ3v) is 4.86. The summed E-state index contributed by atoms with van der Waals surface area (Å²) in [7, 11) is 1.60. The lowest BCUT2D eigenvalue weighted by Gasteiger charge is -2.16. The summed E-state index contributed by atoms with van der Waals surface area (Å²) in [6.45, 7) is 1.48. The molecule has 0 amide bonds. The van der Waals surface area contributed by atoms with Crippen molar-refractivity contribution < 1.29 is 14.6 Å². The minimum absolute atomic E-state index is 0.0282. The third kappa shape index (κ3) is 3.36. The number of ether oxygens (including phenoxy) is 1. The molecule has 4 rings (SSSR count). The molecule has 2 aromatic carbocycles. The second-order valence-corrected chi connectivity index (χ2v) is 6.51. The van der Waals surface area contributed by atoms with Gasteiger partial charge >= 0.3 is 5.97 Å². The molecule has 1 N–H and O–H groups in total. The van der Waals surface area contributed by atoms with E-state index in [1.807, 2.05) is 23.1 Å². The van der Waals surface area contributed by atoms with E-state index in [1.165, 1.54) is 10.4 Å². The van der Waals surface area contributed by atoms with E-state index in [0.29, 0.717) is 17.4 Å². The monoisotopic (exact) mass is 364 g/mol. The Morgan fingerprint density at radius 1 is 1.11 bits per heavy atom. The number of carboxylic acid groups (broad SMARTS) is 1.